The maximum Gasteiger partial charge on any atom is 0.347 e. The maximum absolute atomic E-state index is 13.6. The van der Waals surface area contributed by atoms with Gasteiger partial charge in [-0.1, -0.05) is 92.8 Å². The summed E-state index contributed by atoms with van der Waals surface area (Å²) < 4.78 is 19.3. The first-order valence-corrected chi connectivity index (χ1v) is 17.8. The number of benzene rings is 3. The van der Waals surface area contributed by atoms with E-state index in [2.05, 4.69) is 15.2 Å². The molecule has 1 aliphatic rings. The number of pyridine rings is 1. The lowest BCUT2D eigenvalue weighted by Crippen LogP contribution is -2.40. The molecular weight excluding hydrogens is 621 g/mol. The highest BCUT2D eigenvalue weighted by Crippen LogP contribution is 2.32. The Morgan fingerprint density at radius 2 is 1.53 bits per heavy atom. The molecule has 0 aliphatic carbocycles. The average Bonchev–Trinajstić information content (AvgIpc) is 3.13. The fourth-order valence-electron chi connectivity index (χ4n) is 6.77. The van der Waals surface area contributed by atoms with E-state index in [0.29, 0.717) is 17.7 Å². The molecule has 1 aliphatic heterocycles. The highest BCUT2D eigenvalue weighted by Gasteiger charge is 2.42. The second kappa shape index (κ2) is 18.2. The molecule has 0 bridgehead atoms. The second-order valence-electron chi connectivity index (χ2n) is 13.3. The van der Waals surface area contributed by atoms with Crippen LogP contribution < -0.4 is 10.9 Å². The van der Waals surface area contributed by atoms with Crippen LogP contribution in [0.3, 0.4) is 0 Å². The van der Waals surface area contributed by atoms with Crippen LogP contribution in [-0.4, -0.2) is 65.4 Å². The van der Waals surface area contributed by atoms with E-state index in [4.69, 9.17) is 4.74 Å². The number of unbranched alkanes of at least 4 members (excludes halogenated alkanes) is 6. The van der Waals surface area contributed by atoms with Crippen LogP contribution >= 0.6 is 0 Å². The summed E-state index contributed by atoms with van der Waals surface area (Å²) in [5, 5.41) is 26.5. The smallest absolute Gasteiger partial charge is 0.347 e. The zero-order chi connectivity index (χ0) is 34.5. The number of aliphatic hydroxyl groups is 2. The van der Waals surface area contributed by atoms with Gasteiger partial charge in [-0.15, -0.1) is 0 Å². The van der Waals surface area contributed by atoms with E-state index in [1.165, 1.54) is 62.4 Å². The summed E-state index contributed by atoms with van der Waals surface area (Å²) in [5.74, 6) is -0.931. The third-order valence-electron chi connectivity index (χ3n) is 9.71. The first-order chi connectivity index (χ1) is 23.8. The summed E-state index contributed by atoms with van der Waals surface area (Å²) in [6, 6.07) is 23.0. The highest BCUT2D eigenvalue weighted by atomic mass is 19.1. The number of fused-ring (bicyclic) bond motifs is 1. The van der Waals surface area contributed by atoms with Gasteiger partial charge >= 0.3 is 5.97 Å². The third-order valence-corrected chi connectivity index (χ3v) is 9.71. The fraction of sp³-hybridized carbons (Fsp3) is 0.450. The molecule has 0 amide bonds. The maximum atomic E-state index is 13.6. The van der Waals surface area contributed by atoms with Crippen molar-refractivity contribution in [3.05, 3.63) is 118 Å². The molecule has 1 unspecified atom stereocenters. The Hall–Kier alpha value is -3.89. The minimum absolute atomic E-state index is 0.201. The highest BCUT2D eigenvalue weighted by molar-refractivity contribution is 5.85. The van der Waals surface area contributed by atoms with Gasteiger partial charge in [0.05, 0.1) is 12.7 Å². The number of esters is 1. The van der Waals surface area contributed by atoms with Crippen molar-refractivity contribution in [2.24, 2.45) is 5.92 Å². The van der Waals surface area contributed by atoms with E-state index in [1.54, 1.807) is 24.3 Å². The fourth-order valence-corrected chi connectivity index (χ4v) is 6.77. The normalized spacial score (nSPS) is 16.0. The van der Waals surface area contributed by atoms with Crippen molar-refractivity contribution in [2.45, 2.75) is 69.5 Å². The van der Waals surface area contributed by atoms with Gasteiger partial charge in [0, 0.05) is 23.5 Å². The Morgan fingerprint density at radius 1 is 0.898 bits per heavy atom. The Morgan fingerprint density at radius 3 is 2.27 bits per heavy atom. The standard InChI is InChI=1S/C40H50FN3O5/c41-33-19-17-32(18-20-33)40(48,31-13-7-6-8-14-31)39(47)49-29-30-21-25-44(26-22-30)24-12-5-3-1-2-4-11-23-42-28-37(45)35-27-38(46)43-36-16-10-9-15-34(35)36/h6-10,13-20,27,30,37,42,45,48H,1-5,11-12,21-26,28-29H2,(H,43,46)/t37-,40?/m0/s1. The van der Waals surface area contributed by atoms with E-state index in [9.17, 15) is 24.2 Å². The zero-order valence-electron chi connectivity index (χ0n) is 28.3. The molecule has 2 atom stereocenters. The third kappa shape index (κ3) is 10.1. The molecule has 262 valence electrons. The molecule has 4 N–H and O–H groups in total. The van der Waals surface area contributed by atoms with E-state index in [-0.39, 0.29) is 23.6 Å². The number of aromatic amines is 1. The number of carbonyl (C=O) groups excluding carboxylic acids is 1. The summed E-state index contributed by atoms with van der Waals surface area (Å²) in [4.78, 5) is 30.6. The van der Waals surface area contributed by atoms with Crippen molar-refractivity contribution in [2.75, 3.05) is 39.3 Å². The number of rotatable bonds is 18. The number of hydrogen-bond donors (Lipinski definition) is 4. The molecule has 2 heterocycles. The molecule has 0 radical (unpaired) electrons. The largest absolute Gasteiger partial charge is 0.463 e. The molecule has 0 saturated carbocycles. The van der Waals surface area contributed by atoms with Gasteiger partial charge in [0.15, 0.2) is 0 Å². The van der Waals surface area contributed by atoms with Crippen LogP contribution in [0.25, 0.3) is 10.9 Å². The van der Waals surface area contributed by atoms with E-state index >= 15 is 0 Å². The van der Waals surface area contributed by atoms with Gasteiger partial charge in [-0.05, 0) is 92.7 Å². The number of halogens is 1. The molecule has 49 heavy (non-hydrogen) atoms. The minimum Gasteiger partial charge on any atom is -0.463 e. The van der Waals surface area contributed by atoms with Gasteiger partial charge in [0.2, 0.25) is 11.2 Å². The molecule has 3 aromatic carbocycles. The molecular formula is C40H50FN3O5. The Balaban J connectivity index is 0.904. The van der Waals surface area contributed by atoms with Gasteiger partial charge in [-0.3, -0.25) is 4.79 Å². The minimum atomic E-state index is -2.00. The van der Waals surface area contributed by atoms with Crippen LogP contribution in [0.15, 0.2) is 89.7 Å². The molecule has 5 rings (SSSR count). The number of likely N-dealkylation sites (tertiary alicyclic amines) is 1. The number of ether oxygens (including phenoxy) is 1. The summed E-state index contributed by atoms with van der Waals surface area (Å²) in [6.07, 6.45) is 9.43. The van der Waals surface area contributed by atoms with Gasteiger partial charge in [0.25, 0.3) is 0 Å². The van der Waals surface area contributed by atoms with E-state index in [0.717, 1.165) is 62.8 Å². The number of nitrogens with zero attached hydrogens (tertiary/aromatic N) is 1. The van der Waals surface area contributed by atoms with Gasteiger partial charge < -0.3 is 30.2 Å². The molecule has 1 saturated heterocycles. The van der Waals surface area contributed by atoms with Crippen molar-refractivity contribution < 1.29 is 24.1 Å². The summed E-state index contributed by atoms with van der Waals surface area (Å²) in [5.41, 5.74) is -0.129. The lowest BCUT2D eigenvalue weighted by atomic mass is 9.86. The molecule has 9 heteroatoms. The van der Waals surface area contributed by atoms with Crippen molar-refractivity contribution in [1.82, 2.24) is 15.2 Å². The van der Waals surface area contributed by atoms with Crippen LogP contribution in [0.2, 0.25) is 0 Å². The first-order valence-electron chi connectivity index (χ1n) is 17.8. The Bertz CT molecular complexity index is 1660. The van der Waals surface area contributed by atoms with Gasteiger partial charge in [0.1, 0.15) is 5.82 Å². The molecule has 0 spiro atoms. The lowest BCUT2D eigenvalue weighted by Gasteiger charge is -2.33. The molecule has 1 aromatic heterocycles. The van der Waals surface area contributed by atoms with Crippen LogP contribution in [0.5, 0.6) is 0 Å². The number of carbonyl (C=O) groups is 1. The summed E-state index contributed by atoms with van der Waals surface area (Å²) >= 11 is 0. The zero-order valence-corrected chi connectivity index (χ0v) is 28.3. The summed E-state index contributed by atoms with van der Waals surface area (Å²) in [6.45, 7) is 4.55. The number of hydrogen-bond acceptors (Lipinski definition) is 7. The molecule has 8 nitrogen and oxygen atoms in total. The van der Waals surface area contributed by atoms with Gasteiger partial charge in [-0.25, -0.2) is 9.18 Å². The quantitative estimate of drug-likeness (QED) is 0.0735. The Kier molecular flexibility index (Phi) is 13.5. The van der Waals surface area contributed by atoms with E-state index in [1.807, 2.05) is 30.3 Å². The van der Waals surface area contributed by atoms with Crippen LogP contribution in [0.4, 0.5) is 4.39 Å². The van der Waals surface area contributed by atoms with Crippen molar-refractivity contribution in [1.29, 1.82) is 0 Å². The number of aliphatic hydroxyl groups excluding tert-OH is 1. The number of aromatic nitrogens is 1. The predicted octanol–water partition coefficient (Wildman–Crippen LogP) is 6.21. The van der Waals surface area contributed by atoms with Gasteiger partial charge in [-0.2, -0.15) is 0 Å². The summed E-state index contributed by atoms with van der Waals surface area (Å²) in [7, 11) is 0. The Labute approximate surface area is 288 Å². The van der Waals surface area contributed by atoms with Crippen molar-refractivity contribution >= 4 is 16.9 Å². The van der Waals surface area contributed by atoms with Crippen LogP contribution in [-0.2, 0) is 15.1 Å². The monoisotopic (exact) mass is 671 g/mol. The second-order valence-corrected chi connectivity index (χ2v) is 13.3. The van der Waals surface area contributed by atoms with Crippen LogP contribution in [0.1, 0.15) is 80.6 Å². The van der Waals surface area contributed by atoms with Crippen molar-refractivity contribution in [3.8, 4) is 0 Å². The average molecular weight is 672 g/mol. The first kappa shape index (κ1) is 36.4. The van der Waals surface area contributed by atoms with Crippen molar-refractivity contribution in [3.63, 3.8) is 0 Å². The van der Waals surface area contributed by atoms with Crippen LogP contribution in [0, 0.1) is 11.7 Å². The molecule has 1 fully saturated rings. The topological polar surface area (TPSA) is 115 Å². The SMILES string of the molecule is O=C(OCC1CCN(CCCCCCCCCNC[C@H](O)c2cc(=O)[nH]c3ccccc23)CC1)C(O)(c1ccccc1)c1ccc(F)cc1. The lowest BCUT2D eigenvalue weighted by molar-refractivity contribution is -0.164. The number of nitrogens with one attached hydrogen (secondary N) is 2. The number of piperidine rings is 1. The number of para-hydroxylation sites is 1. The molecule has 4 aromatic rings. The number of H-pyrrole nitrogens is 1. The van der Waals surface area contributed by atoms with E-state index < -0.39 is 23.5 Å². The predicted molar refractivity (Wildman–Crippen MR) is 191 cm³/mol.